The molecule has 0 atom stereocenters. The van der Waals surface area contributed by atoms with Crippen LogP contribution in [0.15, 0.2) is 485 Å². The Morgan fingerprint density at radius 2 is 0.283 bits per heavy atom. The SMILES string of the molecule is c1ccc(-c2nc(-c3ccccc3)nc(-c3ccc(-c4ccc(-n5c6ccccc6c6cc(-n7c8ccccc8c8cc(-n9c%10ccccc%10c%10ccccc%109)ccc87)ccc65)cc4)cc3)n2)cc1.c1ccc(-c2nc(-c3ccccc3)nc(-c3cccc(-c4cccc(-n5c6ccccc6c6cc(-n7c8ccccc8c8cc(-n9c%10ccccc%10c%10ccccc%109)ccc87)ccc65)c4)c3)n2)cc1. The lowest BCUT2D eigenvalue weighted by atomic mass is 10.0. The van der Waals surface area contributed by atoms with Crippen LogP contribution in [0.4, 0.5) is 0 Å². The molecular formula is C126H80N12. The number of aromatic nitrogens is 12. The number of nitrogens with zero attached hydrogens (tertiary/aromatic N) is 12. The van der Waals surface area contributed by atoms with Crippen LogP contribution in [0.25, 0.3) is 256 Å². The maximum absolute atomic E-state index is 5.02. The third-order valence-electron chi connectivity index (χ3n) is 27.4. The fraction of sp³-hybridized carbons (Fsp3) is 0. The van der Waals surface area contributed by atoms with E-state index in [9.17, 15) is 0 Å². The minimum absolute atomic E-state index is 0.630. The molecule has 0 spiro atoms. The normalized spacial score (nSPS) is 11.8. The Labute approximate surface area is 792 Å². The van der Waals surface area contributed by atoms with Gasteiger partial charge in [0.1, 0.15) is 0 Å². The van der Waals surface area contributed by atoms with Gasteiger partial charge in [-0.2, -0.15) is 0 Å². The van der Waals surface area contributed by atoms with Crippen molar-refractivity contribution in [2.24, 2.45) is 0 Å². The van der Waals surface area contributed by atoms with E-state index in [2.05, 4.69) is 391 Å². The summed E-state index contributed by atoms with van der Waals surface area (Å²) in [5.74, 6) is 3.86. The van der Waals surface area contributed by atoms with Crippen LogP contribution in [0.3, 0.4) is 0 Å². The minimum Gasteiger partial charge on any atom is -0.309 e. The fourth-order valence-corrected chi connectivity index (χ4v) is 21.1. The van der Waals surface area contributed by atoms with E-state index >= 15 is 0 Å². The second kappa shape index (κ2) is 32.6. The molecule has 8 aromatic heterocycles. The topological polar surface area (TPSA) is 107 Å². The molecule has 8 heterocycles. The zero-order valence-corrected chi connectivity index (χ0v) is 74.6. The Bertz CT molecular complexity index is 9480. The van der Waals surface area contributed by atoms with Crippen LogP contribution in [0.1, 0.15) is 0 Å². The molecule has 0 saturated carbocycles. The van der Waals surface area contributed by atoms with E-state index in [0.29, 0.717) is 34.9 Å². The molecule has 0 aliphatic rings. The quantitative estimate of drug-likeness (QED) is 0.107. The summed E-state index contributed by atoms with van der Waals surface area (Å²) in [7, 11) is 0. The van der Waals surface area contributed by atoms with Crippen LogP contribution in [-0.4, -0.2) is 57.3 Å². The lowest BCUT2D eigenvalue weighted by molar-refractivity contribution is 1.07. The summed E-state index contributed by atoms with van der Waals surface area (Å²) in [6.07, 6.45) is 0. The summed E-state index contributed by atoms with van der Waals surface area (Å²) < 4.78 is 14.5. The van der Waals surface area contributed by atoms with E-state index in [-0.39, 0.29) is 0 Å². The second-order valence-electron chi connectivity index (χ2n) is 35.3. The van der Waals surface area contributed by atoms with Gasteiger partial charge >= 0.3 is 0 Å². The van der Waals surface area contributed by atoms with Crippen molar-refractivity contribution in [1.82, 2.24) is 57.3 Å². The maximum atomic E-state index is 5.02. The monoisotopic (exact) mass is 1760 g/mol. The molecular weight excluding hydrogens is 1680 g/mol. The van der Waals surface area contributed by atoms with Crippen molar-refractivity contribution < 1.29 is 0 Å². The first kappa shape index (κ1) is 79.0. The number of para-hydroxylation sites is 8. The number of fused-ring (bicyclic) bond motifs is 18. The van der Waals surface area contributed by atoms with Gasteiger partial charge in [-0.15, -0.1) is 0 Å². The molecule has 0 unspecified atom stereocenters. The zero-order chi connectivity index (χ0) is 90.8. The molecule has 644 valence electrons. The van der Waals surface area contributed by atoms with Crippen molar-refractivity contribution in [2.45, 2.75) is 0 Å². The first-order valence-corrected chi connectivity index (χ1v) is 46.7. The Hall–Kier alpha value is -18.8. The molecule has 0 bridgehead atoms. The summed E-state index contributed by atoms with van der Waals surface area (Å²) in [4.78, 5) is 29.7. The smallest absolute Gasteiger partial charge is 0.164 e. The molecule has 138 heavy (non-hydrogen) atoms. The average molecular weight is 1760 g/mol. The van der Waals surface area contributed by atoms with Gasteiger partial charge in [-0.3, -0.25) is 0 Å². The number of hydrogen-bond acceptors (Lipinski definition) is 6. The van der Waals surface area contributed by atoms with Crippen LogP contribution >= 0.6 is 0 Å². The highest BCUT2D eigenvalue weighted by molar-refractivity contribution is 6.17. The van der Waals surface area contributed by atoms with Crippen LogP contribution in [-0.2, 0) is 0 Å². The Kier molecular flexibility index (Phi) is 18.7. The van der Waals surface area contributed by atoms with Gasteiger partial charge < -0.3 is 27.4 Å². The van der Waals surface area contributed by atoms with Crippen LogP contribution < -0.4 is 0 Å². The number of benzene rings is 20. The van der Waals surface area contributed by atoms with Gasteiger partial charge in [-0.25, -0.2) is 29.9 Å². The van der Waals surface area contributed by atoms with Gasteiger partial charge in [0.05, 0.1) is 66.2 Å². The second-order valence-corrected chi connectivity index (χ2v) is 35.3. The van der Waals surface area contributed by atoms with E-state index in [1.165, 1.54) is 114 Å². The highest BCUT2D eigenvalue weighted by Crippen LogP contribution is 2.45. The van der Waals surface area contributed by atoms with Crippen molar-refractivity contribution in [1.29, 1.82) is 0 Å². The maximum Gasteiger partial charge on any atom is 0.164 e. The third kappa shape index (κ3) is 13.3. The average Bonchev–Trinajstić information content (AvgIpc) is 1.56. The minimum atomic E-state index is 0.630. The Morgan fingerprint density at radius 1 is 0.101 bits per heavy atom. The van der Waals surface area contributed by atoms with Gasteiger partial charge in [-0.1, -0.05) is 334 Å². The van der Waals surface area contributed by atoms with Crippen LogP contribution in [0, 0.1) is 0 Å². The highest BCUT2D eigenvalue weighted by atomic mass is 15.1. The molecule has 0 amide bonds. The Balaban J connectivity index is 0.000000139. The largest absolute Gasteiger partial charge is 0.309 e. The molecule has 12 nitrogen and oxygen atoms in total. The van der Waals surface area contributed by atoms with Gasteiger partial charge in [0.15, 0.2) is 34.9 Å². The summed E-state index contributed by atoms with van der Waals surface area (Å²) in [6.45, 7) is 0. The standard InChI is InChI=1S/2C63H40N6/c1-3-17-41(18-4-1)61-64-62(42-19-5-2-6-20-42)66-63(65-61)45-23-15-21-43(37-45)44-22-16-24-46(38-44)67-57-31-13-9-27-51(57)53-40-48(34-35-59(53)67)69-58-32-14-10-28-52(58)54-39-47(33-36-60(54)69)68-55-29-11-7-25-49(55)50-26-8-12-30-56(50)68;1-3-15-43(16-4-1)61-64-62(44-17-5-2-6-18-44)66-63(65-61)45-29-27-41(28-30-45)42-31-33-46(34-32-42)67-57-25-13-9-21-51(57)53-40-48(35-37-59(53)67)69-58-26-14-10-22-52(58)54-39-47(36-38-60(54)69)68-55-23-11-7-19-49(55)50-20-8-12-24-56(50)68/h2*1-40H. The lowest BCUT2D eigenvalue weighted by Crippen LogP contribution is -2.00. The number of hydrogen-bond donors (Lipinski definition) is 0. The summed E-state index contributed by atoms with van der Waals surface area (Å²) in [5.41, 5.74) is 31.0. The molecule has 0 radical (unpaired) electrons. The summed E-state index contributed by atoms with van der Waals surface area (Å²) in [6, 6.07) is 173. The van der Waals surface area contributed by atoms with E-state index in [1.54, 1.807) is 0 Å². The van der Waals surface area contributed by atoms with Crippen LogP contribution in [0.5, 0.6) is 0 Å². The number of rotatable bonds is 14. The molecule has 12 heteroatoms. The third-order valence-corrected chi connectivity index (χ3v) is 27.4. The molecule has 0 aliphatic heterocycles. The van der Waals surface area contributed by atoms with E-state index in [4.69, 9.17) is 29.9 Å². The van der Waals surface area contributed by atoms with Gasteiger partial charge in [0.2, 0.25) is 0 Å². The molecule has 0 fully saturated rings. The molecule has 20 aromatic carbocycles. The summed E-state index contributed by atoms with van der Waals surface area (Å²) in [5, 5.41) is 14.8. The van der Waals surface area contributed by atoms with Gasteiger partial charge in [0.25, 0.3) is 0 Å². The van der Waals surface area contributed by atoms with Crippen molar-refractivity contribution in [3.05, 3.63) is 485 Å². The van der Waals surface area contributed by atoms with E-state index < -0.39 is 0 Å². The predicted octanol–water partition coefficient (Wildman–Crippen LogP) is 31.7. The van der Waals surface area contributed by atoms with Crippen LogP contribution in [0.2, 0.25) is 0 Å². The summed E-state index contributed by atoms with van der Waals surface area (Å²) >= 11 is 0. The van der Waals surface area contributed by atoms with Crippen molar-refractivity contribution in [3.63, 3.8) is 0 Å². The lowest BCUT2D eigenvalue weighted by Gasteiger charge is -2.13. The van der Waals surface area contributed by atoms with E-state index in [1.807, 2.05) is 121 Å². The fourth-order valence-electron chi connectivity index (χ4n) is 21.1. The highest BCUT2D eigenvalue weighted by Gasteiger charge is 2.25. The van der Waals surface area contributed by atoms with Gasteiger partial charge in [0, 0.05) is 132 Å². The first-order chi connectivity index (χ1) is 68.4. The first-order valence-electron chi connectivity index (χ1n) is 46.7. The van der Waals surface area contributed by atoms with Gasteiger partial charge in [-0.05, 0) is 174 Å². The zero-order valence-electron chi connectivity index (χ0n) is 74.6. The molecule has 28 rings (SSSR count). The molecule has 28 aromatic rings. The Morgan fingerprint density at radius 3 is 0.572 bits per heavy atom. The molecule has 0 N–H and O–H groups in total. The van der Waals surface area contributed by atoms with Crippen molar-refractivity contribution in [2.75, 3.05) is 0 Å². The molecule has 0 aliphatic carbocycles. The predicted molar refractivity (Wildman–Crippen MR) is 569 cm³/mol. The molecule has 0 saturated heterocycles. The van der Waals surface area contributed by atoms with Crippen molar-refractivity contribution in [3.8, 4) is 125 Å². The van der Waals surface area contributed by atoms with E-state index in [0.717, 1.165) is 106 Å². The van der Waals surface area contributed by atoms with Crippen molar-refractivity contribution >= 4 is 131 Å².